The fraction of sp³-hybridized carbons (Fsp3) is 0.529. The van der Waals surface area contributed by atoms with Gasteiger partial charge in [-0.2, -0.15) is 0 Å². The lowest BCUT2D eigenvalue weighted by Gasteiger charge is -2.21. The van der Waals surface area contributed by atoms with Crippen LogP contribution in [-0.4, -0.2) is 20.2 Å². The van der Waals surface area contributed by atoms with E-state index in [-0.39, 0.29) is 21.4 Å². The summed E-state index contributed by atoms with van der Waals surface area (Å²) >= 11 is 5.77. The number of hydrogen-bond acceptors (Lipinski definition) is 4. The first-order chi connectivity index (χ1) is 12.3. The number of halogens is 1. The van der Waals surface area contributed by atoms with Crippen LogP contribution in [0.1, 0.15) is 61.7 Å². The van der Waals surface area contributed by atoms with Crippen molar-refractivity contribution in [2.45, 2.75) is 56.3 Å². The van der Waals surface area contributed by atoms with Gasteiger partial charge in [0.15, 0.2) is 0 Å². The van der Waals surface area contributed by atoms with Crippen molar-refractivity contribution in [1.82, 2.24) is 10.9 Å². The maximum absolute atomic E-state index is 12.1. The van der Waals surface area contributed by atoms with Gasteiger partial charge in [0.1, 0.15) is 4.90 Å². The van der Waals surface area contributed by atoms with Gasteiger partial charge in [-0.1, -0.05) is 43.7 Å². The van der Waals surface area contributed by atoms with Gasteiger partial charge in [0, 0.05) is 12.0 Å². The van der Waals surface area contributed by atoms with E-state index in [2.05, 4.69) is 10.9 Å². The zero-order valence-corrected chi connectivity index (χ0v) is 16.0. The Labute approximate surface area is 158 Å². The lowest BCUT2D eigenvalue weighted by Crippen LogP contribution is -2.41. The average Bonchev–Trinajstić information content (AvgIpc) is 2.60. The molecule has 2 rings (SSSR count). The third kappa shape index (κ3) is 6.26. The Hall–Kier alpha value is -1.64. The molecule has 0 atom stereocenters. The lowest BCUT2D eigenvalue weighted by atomic mass is 9.86. The summed E-state index contributed by atoms with van der Waals surface area (Å²) in [7, 11) is -4.04. The molecule has 1 aliphatic rings. The van der Waals surface area contributed by atoms with Crippen LogP contribution in [0.3, 0.4) is 0 Å². The standard InChI is InChI=1S/C17H24ClN3O4S/c18-14-10-9-13(11-15(14)26(19,24)25)17(23)21-20-16(22)8-4-7-12-5-2-1-3-6-12/h9-12H,1-8H2,(H,20,22)(H,21,23)(H2,19,24,25). The Morgan fingerprint density at radius 3 is 2.50 bits per heavy atom. The molecule has 0 aromatic heterocycles. The maximum atomic E-state index is 12.1. The Morgan fingerprint density at radius 2 is 1.85 bits per heavy atom. The van der Waals surface area contributed by atoms with Crippen LogP contribution in [0.4, 0.5) is 0 Å². The molecule has 4 N–H and O–H groups in total. The van der Waals surface area contributed by atoms with Crippen LogP contribution in [0.25, 0.3) is 0 Å². The minimum atomic E-state index is -4.04. The molecule has 0 radical (unpaired) electrons. The van der Waals surface area contributed by atoms with Crippen LogP contribution in [-0.2, 0) is 14.8 Å². The summed E-state index contributed by atoms with van der Waals surface area (Å²) in [6, 6.07) is 3.69. The van der Waals surface area contributed by atoms with E-state index in [4.69, 9.17) is 16.7 Å². The van der Waals surface area contributed by atoms with E-state index in [0.29, 0.717) is 12.3 Å². The first kappa shape index (κ1) is 20.7. The van der Waals surface area contributed by atoms with Gasteiger partial charge >= 0.3 is 0 Å². The van der Waals surface area contributed by atoms with Gasteiger partial charge < -0.3 is 0 Å². The van der Waals surface area contributed by atoms with Crippen molar-refractivity contribution < 1.29 is 18.0 Å². The molecule has 0 spiro atoms. The topological polar surface area (TPSA) is 118 Å². The monoisotopic (exact) mass is 401 g/mol. The molecule has 144 valence electrons. The van der Waals surface area contributed by atoms with Crippen LogP contribution in [0.5, 0.6) is 0 Å². The van der Waals surface area contributed by atoms with E-state index in [1.54, 1.807) is 0 Å². The summed E-state index contributed by atoms with van der Waals surface area (Å²) in [5.41, 5.74) is 4.64. The third-order valence-corrected chi connectivity index (χ3v) is 5.95. The Balaban J connectivity index is 1.79. The highest BCUT2D eigenvalue weighted by Gasteiger charge is 2.17. The number of nitrogens with two attached hydrogens (primary N) is 1. The third-order valence-electron chi connectivity index (χ3n) is 4.56. The first-order valence-corrected chi connectivity index (χ1v) is 10.6. The summed E-state index contributed by atoms with van der Waals surface area (Å²) in [6.07, 6.45) is 8.46. The molecule has 26 heavy (non-hydrogen) atoms. The number of hydrazine groups is 1. The van der Waals surface area contributed by atoms with Gasteiger partial charge in [0.25, 0.3) is 5.91 Å². The van der Waals surface area contributed by atoms with Crippen molar-refractivity contribution in [2.24, 2.45) is 11.1 Å². The van der Waals surface area contributed by atoms with Gasteiger partial charge in [-0.25, -0.2) is 13.6 Å². The zero-order valence-electron chi connectivity index (χ0n) is 14.5. The van der Waals surface area contributed by atoms with E-state index >= 15 is 0 Å². The van der Waals surface area contributed by atoms with Gasteiger partial charge in [-0.3, -0.25) is 20.4 Å². The number of carbonyl (C=O) groups is 2. The second kappa shape index (κ2) is 9.34. The van der Waals surface area contributed by atoms with Crippen LogP contribution < -0.4 is 16.0 Å². The Morgan fingerprint density at radius 1 is 1.15 bits per heavy atom. The fourth-order valence-electron chi connectivity index (χ4n) is 3.15. The Kier molecular flexibility index (Phi) is 7.43. The van der Waals surface area contributed by atoms with Crippen LogP contribution in [0, 0.1) is 5.92 Å². The lowest BCUT2D eigenvalue weighted by molar-refractivity contribution is -0.122. The first-order valence-electron chi connectivity index (χ1n) is 8.69. The molecule has 0 unspecified atom stereocenters. The number of rotatable bonds is 6. The van der Waals surface area contributed by atoms with E-state index in [0.717, 1.165) is 18.9 Å². The fourth-order valence-corrected chi connectivity index (χ4v) is 4.22. The SMILES string of the molecule is NS(=O)(=O)c1cc(C(=O)NNC(=O)CCCC2CCCCC2)ccc1Cl. The molecule has 1 fully saturated rings. The minimum Gasteiger partial charge on any atom is -0.273 e. The smallest absolute Gasteiger partial charge is 0.269 e. The largest absolute Gasteiger partial charge is 0.273 e. The van der Waals surface area contributed by atoms with Gasteiger partial charge in [0.2, 0.25) is 15.9 Å². The van der Waals surface area contributed by atoms with Crippen LogP contribution in [0.15, 0.2) is 23.1 Å². The predicted molar refractivity (Wildman–Crippen MR) is 98.9 cm³/mol. The van der Waals surface area contributed by atoms with E-state index < -0.39 is 15.9 Å². The number of hydrogen-bond donors (Lipinski definition) is 3. The van der Waals surface area contributed by atoms with Gasteiger partial charge in [0.05, 0.1) is 5.02 Å². The maximum Gasteiger partial charge on any atom is 0.269 e. The molecule has 1 saturated carbocycles. The van der Waals surface area contributed by atoms with Crippen molar-refractivity contribution in [2.75, 3.05) is 0 Å². The summed E-state index contributed by atoms with van der Waals surface area (Å²) in [5, 5.41) is 4.98. The number of carbonyl (C=O) groups excluding carboxylic acids is 2. The van der Waals surface area contributed by atoms with E-state index in [1.807, 2.05) is 0 Å². The van der Waals surface area contributed by atoms with Crippen molar-refractivity contribution >= 4 is 33.4 Å². The molecule has 0 aliphatic heterocycles. The highest BCUT2D eigenvalue weighted by atomic mass is 35.5. The van der Waals surface area contributed by atoms with E-state index in [1.165, 1.54) is 44.2 Å². The minimum absolute atomic E-state index is 0.0286. The van der Waals surface area contributed by atoms with Crippen molar-refractivity contribution in [1.29, 1.82) is 0 Å². The molecular formula is C17H24ClN3O4S. The van der Waals surface area contributed by atoms with Gasteiger partial charge in [-0.05, 0) is 37.0 Å². The highest BCUT2D eigenvalue weighted by Crippen LogP contribution is 2.27. The normalized spacial score (nSPS) is 15.5. The number of sulfonamides is 1. The quantitative estimate of drug-likeness (QED) is 0.634. The predicted octanol–water partition coefficient (Wildman–Crippen LogP) is 2.50. The van der Waals surface area contributed by atoms with E-state index in [9.17, 15) is 18.0 Å². The Bertz CT molecular complexity index is 761. The molecule has 0 bridgehead atoms. The summed E-state index contributed by atoms with van der Waals surface area (Å²) in [4.78, 5) is 23.6. The molecule has 1 aromatic rings. The average molecular weight is 402 g/mol. The second-order valence-corrected chi connectivity index (χ2v) is 8.53. The van der Waals surface area contributed by atoms with Crippen molar-refractivity contribution in [3.8, 4) is 0 Å². The molecule has 0 heterocycles. The summed E-state index contributed by atoms with van der Waals surface area (Å²) in [6.45, 7) is 0. The van der Waals surface area contributed by atoms with Crippen molar-refractivity contribution in [3.63, 3.8) is 0 Å². The number of amides is 2. The molecule has 7 nitrogen and oxygen atoms in total. The molecular weight excluding hydrogens is 378 g/mol. The number of benzene rings is 1. The summed E-state index contributed by atoms with van der Waals surface area (Å²) < 4.78 is 22.9. The molecule has 1 aliphatic carbocycles. The molecule has 1 aromatic carbocycles. The van der Waals surface area contributed by atoms with Crippen molar-refractivity contribution in [3.05, 3.63) is 28.8 Å². The number of nitrogens with one attached hydrogen (secondary N) is 2. The number of primary sulfonamides is 1. The zero-order chi connectivity index (χ0) is 19.2. The molecule has 9 heteroatoms. The second-order valence-electron chi connectivity index (χ2n) is 6.59. The van der Waals surface area contributed by atoms with Crippen LogP contribution >= 0.6 is 11.6 Å². The highest BCUT2D eigenvalue weighted by molar-refractivity contribution is 7.89. The molecule has 0 saturated heterocycles. The van der Waals surface area contributed by atoms with Gasteiger partial charge in [-0.15, -0.1) is 0 Å². The van der Waals surface area contributed by atoms with Crippen LogP contribution in [0.2, 0.25) is 5.02 Å². The molecule has 2 amide bonds. The summed E-state index contributed by atoms with van der Waals surface area (Å²) in [5.74, 6) is -0.223.